The van der Waals surface area contributed by atoms with E-state index in [2.05, 4.69) is 10.6 Å². The SMILES string of the molecule is CC(C)(C)OC(=O)NCCN/C=C(/C#N)C(=O)N1CCC(C(=O)O)CC1. The number of carboxylic acids is 1. The maximum atomic E-state index is 12.3. The lowest BCUT2D eigenvalue weighted by Crippen LogP contribution is -2.41. The Morgan fingerprint density at radius 2 is 1.88 bits per heavy atom. The molecule has 0 radical (unpaired) electrons. The minimum absolute atomic E-state index is 0.0592. The summed E-state index contributed by atoms with van der Waals surface area (Å²) in [5, 5.41) is 23.5. The molecule has 0 atom stereocenters. The molecule has 1 heterocycles. The first-order chi connectivity index (χ1) is 12.1. The number of nitriles is 1. The molecule has 0 aromatic carbocycles. The summed E-state index contributed by atoms with van der Waals surface area (Å²) >= 11 is 0. The van der Waals surface area contributed by atoms with E-state index < -0.39 is 29.5 Å². The van der Waals surface area contributed by atoms with Crippen molar-refractivity contribution >= 4 is 18.0 Å². The van der Waals surface area contributed by atoms with Crippen LogP contribution in [-0.2, 0) is 14.3 Å². The number of nitrogens with one attached hydrogen (secondary N) is 2. The van der Waals surface area contributed by atoms with Crippen LogP contribution in [0.3, 0.4) is 0 Å². The number of alkyl carbamates (subject to hydrolysis) is 1. The number of carbonyl (C=O) groups excluding carboxylic acids is 2. The minimum Gasteiger partial charge on any atom is -0.481 e. The van der Waals surface area contributed by atoms with Crippen molar-refractivity contribution in [2.75, 3.05) is 26.2 Å². The maximum Gasteiger partial charge on any atom is 0.407 e. The quantitative estimate of drug-likeness (QED) is 0.360. The van der Waals surface area contributed by atoms with Gasteiger partial charge in [-0.15, -0.1) is 0 Å². The summed E-state index contributed by atoms with van der Waals surface area (Å²) in [6.45, 7) is 6.50. The number of piperidine rings is 1. The minimum atomic E-state index is -0.854. The Hall–Kier alpha value is -2.76. The number of carboxylic acid groups (broad SMARTS) is 1. The van der Waals surface area contributed by atoms with Crippen LogP contribution in [0.15, 0.2) is 11.8 Å². The summed E-state index contributed by atoms with van der Waals surface area (Å²) < 4.78 is 5.08. The predicted octanol–water partition coefficient (Wildman–Crippen LogP) is 0.831. The number of nitrogens with zero attached hydrogens (tertiary/aromatic N) is 2. The van der Waals surface area contributed by atoms with Gasteiger partial charge in [0.05, 0.1) is 5.92 Å². The molecule has 0 saturated carbocycles. The van der Waals surface area contributed by atoms with Crippen LogP contribution in [0.1, 0.15) is 33.6 Å². The number of ether oxygens (including phenoxy) is 1. The third kappa shape index (κ3) is 7.42. The normalized spacial score (nSPS) is 15.8. The molecule has 0 aromatic rings. The zero-order valence-corrected chi connectivity index (χ0v) is 15.4. The van der Waals surface area contributed by atoms with Gasteiger partial charge >= 0.3 is 12.1 Å². The lowest BCUT2D eigenvalue weighted by Gasteiger charge is -2.29. The van der Waals surface area contributed by atoms with Gasteiger partial charge < -0.3 is 25.4 Å². The highest BCUT2D eigenvalue weighted by atomic mass is 16.6. The van der Waals surface area contributed by atoms with Gasteiger partial charge in [0.2, 0.25) is 0 Å². The van der Waals surface area contributed by atoms with Gasteiger partial charge in [0.25, 0.3) is 5.91 Å². The van der Waals surface area contributed by atoms with Crippen LogP contribution in [0.25, 0.3) is 0 Å². The Morgan fingerprint density at radius 1 is 1.27 bits per heavy atom. The molecule has 1 saturated heterocycles. The standard InChI is InChI=1S/C17H26N4O5/c1-17(2,3)26-16(25)20-7-6-19-11-13(10-18)14(22)21-8-4-12(5-9-21)15(23)24/h11-12,19H,4-9H2,1-3H3,(H,20,25)(H,23,24)/b13-11-. The average Bonchev–Trinajstić information content (AvgIpc) is 2.56. The summed E-state index contributed by atoms with van der Waals surface area (Å²) in [5.41, 5.74) is -0.637. The summed E-state index contributed by atoms with van der Waals surface area (Å²) in [6, 6.07) is 1.84. The van der Waals surface area contributed by atoms with Gasteiger partial charge in [-0.3, -0.25) is 9.59 Å². The Bertz CT molecular complexity index is 595. The topological polar surface area (TPSA) is 132 Å². The van der Waals surface area contributed by atoms with Crippen molar-refractivity contribution in [3.8, 4) is 6.07 Å². The molecule has 0 spiro atoms. The maximum absolute atomic E-state index is 12.3. The molecule has 9 nitrogen and oxygen atoms in total. The summed E-state index contributed by atoms with van der Waals surface area (Å²) in [4.78, 5) is 36.2. The third-order valence-corrected chi connectivity index (χ3v) is 3.67. The van der Waals surface area contributed by atoms with E-state index in [4.69, 9.17) is 15.1 Å². The average molecular weight is 366 g/mol. The summed E-state index contributed by atoms with van der Waals surface area (Å²) in [6.07, 6.45) is 1.53. The number of likely N-dealkylation sites (tertiary alicyclic amines) is 1. The Morgan fingerprint density at radius 3 is 2.38 bits per heavy atom. The molecule has 1 aliphatic heterocycles. The molecule has 1 fully saturated rings. The van der Waals surface area contributed by atoms with Crippen LogP contribution in [0, 0.1) is 17.2 Å². The summed E-state index contributed by atoms with van der Waals surface area (Å²) in [7, 11) is 0. The van der Waals surface area contributed by atoms with Crippen LogP contribution in [0.5, 0.6) is 0 Å². The highest BCUT2D eigenvalue weighted by molar-refractivity contribution is 5.97. The van der Waals surface area contributed by atoms with Gasteiger partial charge in [-0.25, -0.2) is 4.79 Å². The van der Waals surface area contributed by atoms with Gasteiger partial charge in [0.15, 0.2) is 0 Å². The lowest BCUT2D eigenvalue weighted by atomic mass is 9.97. The summed E-state index contributed by atoms with van der Waals surface area (Å²) in [5.74, 6) is -1.72. The Labute approximate surface area is 153 Å². The first kappa shape index (κ1) is 21.3. The van der Waals surface area contributed by atoms with Crippen molar-refractivity contribution < 1.29 is 24.2 Å². The molecule has 144 valence electrons. The number of carbonyl (C=O) groups is 3. The number of hydrogen-bond acceptors (Lipinski definition) is 6. The van der Waals surface area contributed by atoms with Crippen molar-refractivity contribution in [3.05, 3.63) is 11.8 Å². The van der Waals surface area contributed by atoms with E-state index in [0.717, 1.165) is 0 Å². The van der Waals surface area contributed by atoms with E-state index in [0.29, 0.717) is 32.5 Å². The van der Waals surface area contributed by atoms with Gasteiger partial charge in [0.1, 0.15) is 17.2 Å². The van der Waals surface area contributed by atoms with Crippen LogP contribution >= 0.6 is 0 Å². The fourth-order valence-electron chi connectivity index (χ4n) is 2.37. The van der Waals surface area contributed by atoms with E-state index in [1.165, 1.54) is 11.1 Å². The van der Waals surface area contributed by atoms with E-state index in [9.17, 15) is 14.4 Å². The molecule has 1 aliphatic rings. The highest BCUT2D eigenvalue weighted by Gasteiger charge is 2.28. The van der Waals surface area contributed by atoms with Crippen LogP contribution in [0.2, 0.25) is 0 Å². The van der Waals surface area contributed by atoms with Gasteiger partial charge in [-0.1, -0.05) is 0 Å². The second-order valence-electron chi connectivity index (χ2n) is 6.96. The van der Waals surface area contributed by atoms with Crippen molar-refractivity contribution in [1.29, 1.82) is 5.26 Å². The molecular formula is C17H26N4O5. The molecular weight excluding hydrogens is 340 g/mol. The van der Waals surface area contributed by atoms with Gasteiger partial charge in [-0.2, -0.15) is 5.26 Å². The molecule has 0 aromatic heterocycles. The van der Waals surface area contributed by atoms with E-state index >= 15 is 0 Å². The van der Waals surface area contributed by atoms with Crippen LogP contribution < -0.4 is 10.6 Å². The molecule has 0 unspecified atom stereocenters. The second kappa shape index (κ2) is 9.65. The molecule has 26 heavy (non-hydrogen) atoms. The monoisotopic (exact) mass is 366 g/mol. The second-order valence-corrected chi connectivity index (χ2v) is 6.96. The molecule has 0 bridgehead atoms. The highest BCUT2D eigenvalue weighted by Crippen LogP contribution is 2.18. The zero-order chi connectivity index (χ0) is 19.7. The van der Waals surface area contributed by atoms with Gasteiger partial charge in [0, 0.05) is 32.4 Å². The van der Waals surface area contributed by atoms with E-state index in [1.807, 2.05) is 6.07 Å². The van der Waals surface area contributed by atoms with Crippen molar-refractivity contribution in [2.45, 2.75) is 39.2 Å². The fourth-order valence-corrected chi connectivity index (χ4v) is 2.37. The molecule has 1 rings (SSSR count). The Kier molecular flexibility index (Phi) is 7.90. The molecule has 3 N–H and O–H groups in total. The van der Waals surface area contributed by atoms with Crippen LogP contribution in [0.4, 0.5) is 4.79 Å². The zero-order valence-electron chi connectivity index (χ0n) is 15.4. The fraction of sp³-hybridized carbons (Fsp3) is 0.647. The number of hydrogen-bond donors (Lipinski definition) is 3. The van der Waals surface area contributed by atoms with E-state index in [1.54, 1.807) is 20.8 Å². The molecule has 9 heteroatoms. The first-order valence-electron chi connectivity index (χ1n) is 8.46. The molecule has 2 amide bonds. The van der Waals surface area contributed by atoms with Crippen molar-refractivity contribution in [2.24, 2.45) is 5.92 Å². The number of rotatable bonds is 6. The third-order valence-electron chi connectivity index (χ3n) is 3.67. The largest absolute Gasteiger partial charge is 0.481 e. The predicted molar refractivity (Wildman–Crippen MR) is 92.9 cm³/mol. The lowest BCUT2D eigenvalue weighted by molar-refractivity contribution is -0.145. The smallest absolute Gasteiger partial charge is 0.407 e. The van der Waals surface area contributed by atoms with Crippen molar-refractivity contribution in [1.82, 2.24) is 15.5 Å². The van der Waals surface area contributed by atoms with E-state index in [-0.39, 0.29) is 12.1 Å². The van der Waals surface area contributed by atoms with Gasteiger partial charge in [-0.05, 0) is 33.6 Å². The van der Waals surface area contributed by atoms with Crippen molar-refractivity contribution in [3.63, 3.8) is 0 Å². The number of aliphatic carboxylic acids is 1. The number of amides is 2. The molecule has 0 aliphatic carbocycles. The first-order valence-corrected chi connectivity index (χ1v) is 8.46. The Balaban J connectivity index is 2.39. The van der Waals surface area contributed by atoms with Crippen LogP contribution in [-0.4, -0.2) is 59.8 Å².